The second kappa shape index (κ2) is 10.1. The number of esters is 1. The van der Waals surface area contributed by atoms with Crippen molar-refractivity contribution in [1.82, 2.24) is 9.80 Å². The van der Waals surface area contributed by atoms with Crippen LogP contribution in [0.3, 0.4) is 0 Å². The normalized spacial score (nSPS) is 14.3. The molecule has 0 atom stereocenters. The second-order valence-corrected chi connectivity index (χ2v) is 6.60. The summed E-state index contributed by atoms with van der Waals surface area (Å²) in [5.74, 6) is -1.25. The third kappa shape index (κ3) is 6.69. The van der Waals surface area contributed by atoms with E-state index in [-0.39, 0.29) is 12.5 Å². The summed E-state index contributed by atoms with van der Waals surface area (Å²) >= 11 is 6.03. The Bertz CT molecular complexity index is 729. The van der Waals surface area contributed by atoms with Crippen LogP contribution in [0.25, 0.3) is 6.08 Å². The molecule has 7 nitrogen and oxygen atoms in total. The number of hydrogen-bond donors (Lipinski definition) is 0. The minimum absolute atomic E-state index is 0.0614. The van der Waals surface area contributed by atoms with Crippen LogP contribution in [-0.4, -0.2) is 74.1 Å². The number of amides is 2. The number of aryl methyl sites for hydroxylation is 1. The van der Waals surface area contributed by atoms with E-state index in [1.807, 2.05) is 19.1 Å². The lowest BCUT2D eigenvalue weighted by molar-refractivity contribution is -0.149. The highest BCUT2D eigenvalue weighted by Gasteiger charge is 2.20. The number of morpholine rings is 1. The topological polar surface area (TPSA) is 76.2 Å². The number of carbonyl (C=O) groups is 3. The Morgan fingerprint density at radius 3 is 2.67 bits per heavy atom. The van der Waals surface area contributed by atoms with Crippen molar-refractivity contribution in [2.24, 2.45) is 0 Å². The number of nitrogens with zero attached hydrogens (tertiary/aromatic N) is 2. The van der Waals surface area contributed by atoms with Gasteiger partial charge in [0, 0.05) is 31.2 Å². The fourth-order valence-corrected chi connectivity index (χ4v) is 2.56. The third-order valence-corrected chi connectivity index (χ3v) is 4.51. The third-order valence-electron chi connectivity index (χ3n) is 4.11. The second-order valence-electron chi connectivity index (χ2n) is 6.19. The standard InChI is InChI=1S/C19H23ClN2O5/c1-14-3-4-15(11-16(14)20)5-6-19(25)27-13-18(24)21(2)12-17(23)22-7-9-26-10-8-22/h3-6,11H,7-10,12-13H2,1-2H3/b6-5+. The van der Waals surface area contributed by atoms with Crippen LogP contribution in [0.4, 0.5) is 0 Å². The number of halogens is 1. The van der Waals surface area contributed by atoms with Crippen LogP contribution < -0.4 is 0 Å². The summed E-state index contributed by atoms with van der Waals surface area (Å²) in [4.78, 5) is 38.8. The van der Waals surface area contributed by atoms with Crippen LogP contribution in [0, 0.1) is 6.92 Å². The molecule has 0 saturated carbocycles. The predicted octanol–water partition coefficient (Wildman–Crippen LogP) is 1.52. The van der Waals surface area contributed by atoms with Crippen LogP contribution >= 0.6 is 11.6 Å². The van der Waals surface area contributed by atoms with Gasteiger partial charge in [0.15, 0.2) is 6.61 Å². The van der Waals surface area contributed by atoms with E-state index >= 15 is 0 Å². The lowest BCUT2D eigenvalue weighted by Crippen LogP contribution is -2.46. The molecule has 1 fully saturated rings. The van der Waals surface area contributed by atoms with E-state index < -0.39 is 18.5 Å². The highest BCUT2D eigenvalue weighted by Crippen LogP contribution is 2.17. The zero-order valence-electron chi connectivity index (χ0n) is 15.4. The van der Waals surface area contributed by atoms with E-state index in [1.54, 1.807) is 17.0 Å². The minimum atomic E-state index is -0.645. The maximum Gasteiger partial charge on any atom is 0.331 e. The Morgan fingerprint density at radius 1 is 1.30 bits per heavy atom. The van der Waals surface area contributed by atoms with Crippen molar-refractivity contribution in [1.29, 1.82) is 0 Å². The maximum atomic E-state index is 12.1. The molecule has 2 rings (SSSR count). The van der Waals surface area contributed by atoms with E-state index in [0.29, 0.717) is 31.3 Å². The van der Waals surface area contributed by atoms with Crippen molar-refractivity contribution < 1.29 is 23.9 Å². The number of ether oxygens (including phenoxy) is 2. The first-order chi connectivity index (χ1) is 12.9. The zero-order chi connectivity index (χ0) is 19.8. The summed E-state index contributed by atoms with van der Waals surface area (Å²) in [6.45, 7) is 3.43. The molecule has 0 N–H and O–H groups in total. The molecular formula is C19H23ClN2O5. The van der Waals surface area contributed by atoms with E-state index in [4.69, 9.17) is 21.1 Å². The summed E-state index contributed by atoms with van der Waals surface area (Å²) in [5.41, 5.74) is 1.69. The molecular weight excluding hydrogens is 372 g/mol. The average Bonchev–Trinajstić information content (AvgIpc) is 2.67. The van der Waals surface area contributed by atoms with Crippen LogP contribution in [0.5, 0.6) is 0 Å². The van der Waals surface area contributed by atoms with E-state index in [0.717, 1.165) is 11.1 Å². The fraction of sp³-hybridized carbons (Fsp3) is 0.421. The van der Waals surface area contributed by atoms with E-state index in [2.05, 4.69) is 0 Å². The van der Waals surface area contributed by atoms with Gasteiger partial charge in [-0.3, -0.25) is 9.59 Å². The smallest absolute Gasteiger partial charge is 0.331 e. The SMILES string of the molecule is Cc1ccc(/C=C/C(=O)OCC(=O)N(C)CC(=O)N2CCOCC2)cc1Cl. The summed E-state index contributed by atoms with van der Waals surface area (Å²) < 4.78 is 10.1. The fourth-order valence-electron chi connectivity index (χ4n) is 2.37. The molecule has 1 heterocycles. The molecule has 0 unspecified atom stereocenters. The quantitative estimate of drug-likeness (QED) is 0.540. The van der Waals surface area contributed by atoms with Gasteiger partial charge >= 0.3 is 5.97 Å². The molecule has 1 aliphatic rings. The summed E-state index contributed by atoms with van der Waals surface area (Å²) in [5, 5.41) is 0.604. The number of benzene rings is 1. The Kier molecular flexibility index (Phi) is 7.82. The summed E-state index contributed by atoms with van der Waals surface area (Å²) in [6.07, 6.45) is 2.79. The molecule has 0 spiro atoms. The lowest BCUT2D eigenvalue weighted by atomic mass is 10.1. The van der Waals surface area contributed by atoms with Crippen LogP contribution in [0.15, 0.2) is 24.3 Å². The van der Waals surface area contributed by atoms with E-state index in [1.165, 1.54) is 18.0 Å². The predicted molar refractivity (Wildman–Crippen MR) is 101 cm³/mol. The highest BCUT2D eigenvalue weighted by atomic mass is 35.5. The van der Waals surface area contributed by atoms with Gasteiger partial charge < -0.3 is 19.3 Å². The van der Waals surface area contributed by atoms with Crippen molar-refractivity contribution in [3.05, 3.63) is 40.4 Å². The van der Waals surface area contributed by atoms with Gasteiger partial charge in [0.2, 0.25) is 5.91 Å². The molecule has 0 aliphatic carbocycles. The molecule has 2 amide bonds. The molecule has 1 aromatic carbocycles. The molecule has 8 heteroatoms. The maximum absolute atomic E-state index is 12.1. The van der Waals surface area contributed by atoms with Crippen LogP contribution in [-0.2, 0) is 23.9 Å². The molecule has 146 valence electrons. The molecule has 0 radical (unpaired) electrons. The van der Waals surface area contributed by atoms with Gasteiger partial charge in [0.05, 0.1) is 19.8 Å². The van der Waals surface area contributed by atoms with Crippen LogP contribution in [0.1, 0.15) is 11.1 Å². The zero-order valence-corrected chi connectivity index (χ0v) is 16.2. The lowest BCUT2D eigenvalue weighted by Gasteiger charge is -2.28. The van der Waals surface area contributed by atoms with Gasteiger partial charge in [0.1, 0.15) is 0 Å². The number of hydrogen-bond acceptors (Lipinski definition) is 5. The summed E-state index contributed by atoms with van der Waals surface area (Å²) in [6, 6.07) is 5.40. The van der Waals surface area contributed by atoms with Crippen molar-refractivity contribution in [3.63, 3.8) is 0 Å². The van der Waals surface area contributed by atoms with Gasteiger partial charge in [-0.05, 0) is 30.2 Å². The van der Waals surface area contributed by atoms with E-state index in [9.17, 15) is 14.4 Å². The molecule has 1 saturated heterocycles. The van der Waals surface area contributed by atoms with Crippen molar-refractivity contribution in [2.75, 3.05) is 46.5 Å². The number of carbonyl (C=O) groups excluding carboxylic acids is 3. The highest BCUT2D eigenvalue weighted by molar-refractivity contribution is 6.31. The average molecular weight is 395 g/mol. The van der Waals surface area contributed by atoms with Crippen LogP contribution in [0.2, 0.25) is 5.02 Å². The van der Waals surface area contributed by atoms with Gasteiger partial charge in [-0.2, -0.15) is 0 Å². The molecule has 1 aromatic rings. The Morgan fingerprint density at radius 2 is 2.00 bits per heavy atom. The van der Waals surface area contributed by atoms with Gasteiger partial charge in [-0.25, -0.2) is 4.79 Å². The van der Waals surface area contributed by atoms with Gasteiger partial charge in [-0.15, -0.1) is 0 Å². The Hall–Kier alpha value is -2.38. The molecule has 0 bridgehead atoms. The molecule has 0 aromatic heterocycles. The first-order valence-corrected chi connectivity index (χ1v) is 8.95. The van der Waals surface area contributed by atoms with Gasteiger partial charge in [-0.1, -0.05) is 23.7 Å². The van der Waals surface area contributed by atoms with Crippen molar-refractivity contribution >= 4 is 35.5 Å². The van der Waals surface area contributed by atoms with Crippen molar-refractivity contribution in [2.45, 2.75) is 6.92 Å². The minimum Gasteiger partial charge on any atom is -0.452 e. The summed E-state index contributed by atoms with van der Waals surface area (Å²) in [7, 11) is 1.50. The van der Waals surface area contributed by atoms with Crippen molar-refractivity contribution in [3.8, 4) is 0 Å². The Balaban J connectivity index is 1.76. The molecule has 27 heavy (non-hydrogen) atoms. The first kappa shape index (κ1) is 20.9. The largest absolute Gasteiger partial charge is 0.452 e. The first-order valence-electron chi connectivity index (χ1n) is 8.57. The Labute approximate surface area is 163 Å². The number of rotatable bonds is 6. The number of likely N-dealkylation sites (N-methyl/N-ethyl adjacent to an activating group) is 1. The monoisotopic (exact) mass is 394 g/mol. The van der Waals surface area contributed by atoms with Gasteiger partial charge in [0.25, 0.3) is 5.91 Å². The molecule has 1 aliphatic heterocycles.